The van der Waals surface area contributed by atoms with E-state index < -0.39 is 0 Å². The molecule has 5 nitrogen and oxygen atoms in total. The zero-order chi connectivity index (χ0) is 17.6. The predicted molar refractivity (Wildman–Crippen MR) is 93.5 cm³/mol. The van der Waals surface area contributed by atoms with Crippen molar-refractivity contribution in [3.05, 3.63) is 60.0 Å². The molecule has 0 unspecified atom stereocenters. The van der Waals surface area contributed by atoms with Gasteiger partial charge in [0, 0.05) is 23.6 Å². The van der Waals surface area contributed by atoms with E-state index in [2.05, 4.69) is 10.3 Å². The number of carbonyl (C=O) groups excluding carboxylic acids is 1. The summed E-state index contributed by atoms with van der Waals surface area (Å²) in [5, 5.41) is 3.63. The summed E-state index contributed by atoms with van der Waals surface area (Å²) in [6.07, 6.45) is 2.44. The molecule has 0 atom stereocenters. The second kappa shape index (κ2) is 7.70. The van der Waals surface area contributed by atoms with E-state index in [0.717, 1.165) is 16.5 Å². The molecule has 0 saturated heterocycles. The molecule has 25 heavy (non-hydrogen) atoms. The summed E-state index contributed by atoms with van der Waals surface area (Å²) in [7, 11) is 1.55. The Bertz CT molecular complexity index is 876. The first-order valence-corrected chi connectivity index (χ1v) is 7.95. The highest BCUT2D eigenvalue weighted by Crippen LogP contribution is 2.25. The van der Waals surface area contributed by atoms with Crippen LogP contribution >= 0.6 is 0 Å². The lowest BCUT2D eigenvalue weighted by Crippen LogP contribution is -2.30. The molecular formula is C19H19FN2O3. The van der Waals surface area contributed by atoms with E-state index >= 15 is 0 Å². The van der Waals surface area contributed by atoms with Gasteiger partial charge in [0.2, 0.25) is 0 Å². The highest BCUT2D eigenvalue weighted by molar-refractivity contribution is 5.83. The summed E-state index contributed by atoms with van der Waals surface area (Å²) >= 11 is 0. The van der Waals surface area contributed by atoms with Gasteiger partial charge in [0.1, 0.15) is 5.82 Å². The molecule has 0 aliphatic rings. The van der Waals surface area contributed by atoms with E-state index in [0.29, 0.717) is 24.5 Å². The standard InChI is InChI=1S/C19H19FN2O3/c1-24-17-4-2-3-5-18(17)25-12-19(23)21-9-8-13-11-22-16-7-6-14(20)10-15(13)16/h2-7,10-11,22H,8-9,12H2,1H3,(H,21,23). The largest absolute Gasteiger partial charge is 0.493 e. The van der Waals surface area contributed by atoms with Crippen LogP contribution < -0.4 is 14.8 Å². The maximum Gasteiger partial charge on any atom is 0.257 e. The molecular weight excluding hydrogens is 323 g/mol. The molecule has 0 saturated carbocycles. The molecule has 130 valence electrons. The number of para-hydroxylation sites is 2. The highest BCUT2D eigenvalue weighted by atomic mass is 19.1. The third-order valence-corrected chi connectivity index (χ3v) is 3.87. The van der Waals surface area contributed by atoms with Gasteiger partial charge in [-0.2, -0.15) is 0 Å². The van der Waals surface area contributed by atoms with Gasteiger partial charge in [-0.25, -0.2) is 4.39 Å². The quantitative estimate of drug-likeness (QED) is 0.694. The van der Waals surface area contributed by atoms with E-state index in [4.69, 9.17) is 9.47 Å². The van der Waals surface area contributed by atoms with Crippen molar-refractivity contribution >= 4 is 16.8 Å². The number of aromatic nitrogens is 1. The van der Waals surface area contributed by atoms with E-state index in [1.54, 1.807) is 25.3 Å². The molecule has 0 radical (unpaired) electrons. The number of halogens is 1. The van der Waals surface area contributed by atoms with Crippen LogP contribution in [-0.4, -0.2) is 31.2 Å². The lowest BCUT2D eigenvalue weighted by Gasteiger charge is -2.10. The Morgan fingerprint density at radius 3 is 2.80 bits per heavy atom. The highest BCUT2D eigenvalue weighted by Gasteiger charge is 2.08. The monoisotopic (exact) mass is 342 g/mol. The van der Waals surface area contributed by atoms with Crippen molar-refractivity contribution in [1.29, 1.82) is 0 Å². The predicted octanol–water partition coefficient (Wildman–Crippen LogP) is 3.05. The van der Waals surface area contributed by atoms with E-state index in [1.807, 2.05) is 18.3 Å². The third kappa shape index (κ3) is 4.09. The number of hydrogen-bond donors (Lipinski definition) is 2. The molecule has 2 N–H and O–H groups in total. The fourth-order valence-electron chi connectivity index (χ4n) is 2.63. The summed E-state index contributed by atoms with van der Waals surface area (Å²) in [5.41, 5.74) is 1.84. The number of hydrogen-bond acceptors (Lipinski definition) is 3. The zero-order valence-electron chi connectivity index (χ0n) is 13.8. The summed E-state index contributed by atoms with van der Waals surface area (Å²) in [5.74, 6) is 0.600. The first kappa shape index (κ1) is 16.8. The first-order valence-electron chi connectivity index (χ1n) is 7.95. The maximum absolute atomic E-state index is 13.4. The van der Waals surface area contributed by atoms with Crippen LogP contribution in [0.25, 0.3) is 10.9 Å². The van der Waals surface area contributed by atoms with Crippen LogP contribution in [0.15, 0.2) is 48.7 Å². The van der Waals surface area contributed by atoms with Gasteiger partial charge in [0.05, 0.1) is 7.11 Å². The van der Waals surface area contributed by atoms with Crippen molar-refractivity contribution in [3.63, 3.8) is 0 Å². The van der Waals surface area contributed by atoms with Crippen LogP contribution in [0.1, 0.15) is 5.56 Å². The van der Waals surface area contributed by atoms with Crippen LogP contribution in [0.2, 0.25) is 0 Å². The number of fused-ring (bicyclic) bond motifs is 1. The normalized spacial score (nSPS) is 10.6. The SMILES string of the molecule is COc1ccccc1OCC(=O)NCCc1c[nH]c2ccc(F)cc12. The number of aromatic amines is 1. The smallest absolute Gasteiger partial charge is 0.257 e. The van der Waals surface area contributed by atoms with Gasteiger partial charge in [0.25, 0.3) is 5.91 Å². The van der Waals surface area contributed by atoms with Crippen molar-refractivity contribution in [2.24, 2.45) is 0 Å². The third-order valence-electron chi connectivity index (χ3n) is 3.87. The number of methoxy groups -OCH3 is 1. The lowest BCUT2D eigenvalue weighted by atomic mass is 10.1. The number of benzene rings is 2. The van der Waals surface area contributed by atoms with E-state index in [9.17, 15) is 9.18 Å². The minimum atomic E-state index is -0.275. The first-order chi connectivity index (χ1) is 12.2. The molecule has 1 aromatic heterocycles. The minimum Gasteiger partial charge on any atom is -0.493 e. The second-order valence-corrected chi connectivity index (χ2v) is 5.54. The fourth-order valence-corrected chi connectivity index (χ4v) is 2.63. The number of ether oxygens (including phenoxy) is 2. The minimum absolute atomic E-state index is 0.0944. The Hall–Kier alpha value is -3.02. The lowest BCUT2D eigenvalue weighted by molar-refractivity contribution is -0.123. The molecule has 2 aromatic carbocycles. The second-order valence-electron chi connectivity index (χ2n) is 5.54. The number of rotatable bonds is 7. The van der Waals surface area contributed by atoms with Crippen molar-refractivity contribution in [2.75, 3.05) is 20.3 Å². The average Bonchev–Trinajstić information content (AvgIpc) is 3.02. The van der Waals surface area contributed by atoms with E-state index in [1.165, 1.54) is 12.1 Å². The van der Waals surface area contributed by atoms with Crippen molar-refractivity contribution in [1.82, 2.24) is 10.3 Å². The molecule has 0 aliphatic carbocycles. The van der Waals surface area contributed by atoms with Gasteiger partial charge in [-0.15, -0.1) is 0 Å². The molecule has 1 heterocycles. The van der Waals surface area contributed by atoms with Crippen LogP contribution in [0.5, 0.6) is 11.5 Å². The average molecular weight is 342 g/mol. The van der Waals surface area contributed by atoms with Gasteiger partial charge in [-0.3, -0.25) is 4.79 Å². The van der Waals surface area contributed by atoms with Gasteiger partial charge >= 0.3 is 0 Å². The van der Waals surface area contributed by atoms with Crippen LogP contribution in [0.3, 0.4) is 0 Å². The van der Waals surface area contributed by atoms with Gasteiger partial charge in [-0.05, 0) is 42.3 Å². The summed E-state index contributed by atoms with van der Waals surface area (Å²) < 4.78 is 24.0. The van der Waals surface area contributed by atoms with Crippen LogP contribution in [0, 0.1) is 5.82 Å². The van der Waals surface area contributed by atoms with Gasteiger partial charge in [0.15, 0.2) is 18.1 Å². The number of amides is 1. The van der Waals surface area contributed by atoms with Crippen molar-refractivity contribution in [2.45, 2.75) is 6.42 Å². The summed E-state index contributed by atoms with van der Waals surface area (Å²) in [6.45, 7) is 0.348. The van der Waals surface area contributed by atoms with E-state index in [-0.39, 0.29) is 18.3 Å². The molecule has 3 aromatic rings. The molecule has 6 heteroatoms. The Morgan fingerprint density at radius 1 is 1.20 bits per heavy atom. The summed E-state index contributed by atoms with van der Waals surface area (Å²) in [4.78, 5) is 15.0. The number of H-pyrrole nitrogens is 1. The fraction of sp³-hybridized carbons (Fsp3) is 0.211. The number of nitrogens with one attached hydrogen (secondary N) is 2. The van der Waals surface area contributed by atoms with Crippen LogP contribution in [-0.2, 0) is 11.2 Å². The van der Waals surface area contributed by atoms with Gasteiger partial charge < -0.3 is 19.8 Å². The topological polar surface area (TPSA) is 63.4 Å². The Labute approximate surface area is 144 Å². The Balaban J connectivity index is 1.50. The molecule has 0 fully saturated rings. The summed E-state index contributed by atoms with van der Waals surface area (Å²) in [6, 6.07) is 11.8. The molecule has 3 rings (SSSR count). The Kier molecular flexibility index (Phi) is 5.18. The Morgan fingerprint density at radius 2 is 2.00 bits per heavy atom. The number of carbonyl (C=O) groups is 1. The maximum atomic E-state index is 13.4. The van der Waals surface area contributed by atoms with Crippen LogP contribution in [0.4, 0.5) is 4.39 Å². The molecule has 0 spiro atoms. The molecule has 0 bridgehead atoms. The van der Waals surface area contributed by atoms with Gasteiger partial charge in [-0.1, -0.05) is 12.1 Å². The molecule has 1 amide bonds. The molecule has 0 aliphatic heterocycles. The zero-order valence-corrected chi connectivity index (χ0v) is 13.8. The van der Waals surface area contributed by atoms with Crippen molar-refractivity contribution in [3.8, 4) is 11.5 Å². The van der Waals surface area contributed by atoms with Crippen molar-refractivity contribution < 1.29 is 18.7 Å².